The summed E-state index contributed by atoms with van der Waals surface area (Å²) >= 11 is 0. The first-order valence-electron chi connectivity index (χ1n) is 15.6. The Balaban J connectivity index is 1.59. The van der Waals surface area contributed by atoms with Crippen LogP contribution in [0.15, 0.2) is 28.5 Å². The number of nitrogens with zero attached hydrogens (tertiary/aromatic N) is 3. The predicted octanol–water partition coefficient (Wildman–Crippen LogP) is 2.87. The van der Waals surface area contributed by atoms with Gasteiger partial charge in [-0.1, -0.05) is 6.07 Å². The van der Waals surface area contributed by atoms with Gasteiger partial charge in [0.25, 0.3) is 0 Å². The van der Waals surface area contributed by atoms with Gasteiger partial charge in [-0.25, -0.2) is 4.79 Å². The Morgan fingerprint density at radius 1 is 1.15 bits per heavy atom. The third kappa shape index (κ3) is 5.35. The van der Waals surface area contributed by atoms with E-state index in [2.05, 4.69) is 27.7 Å². The van der Waals surface area contributed by atoms with E-state index in [1.165, 1.54) is 13.8 Å². The summed E-state index contributed by atoms with van der Waals surface area (Å²) in [6, 6.07) is 1.13. The Kier molecular flexibility index (Phi) is 8.55. The number of amides is 2. The van der Waals surface area contributed by atoms with Crippen LogP contribution in [-0.2, 0) is 25.5 Å². The molecule has 0 radical (unpaired) electrons. The van der Waals surface area contributed by atoms with E-state index in [9.17, 15) is 29.5 Å². The molecule has 3 aliphatic heterocycles. The van der Waals surface area contributed by atoms with E-state index in [0.717, 1.165) is 28.0 Å². The lowest BCUT2D eigenvalue weighted by atomic mass is 9.69. The third-order valence-electron chi connectivity index (χ3n) is 9.76. The fourth-order valence-corrected chi connectivity index (χ4v) is 7.81. The van der Waals surface area contributed by atoms with E-state index in [1.807, 2.05) is 25.8 Å². The van der Waals surface area contributed by atoms with Crippen LogP contribution >= 0.6 is 0 Å². The first-order valence-corrected chi connectivity index (χ1v) is 15.6. The molecule has 0 aromatic heterocycles. The summed E-state index contributed by atoms with van der Waals surface area (Å²) in [4.78, 5) is 56.5. The van der Waals surface area contributed by atoms with Gasteiger partial charge >= 0.3 is 6.09 Å². The van der Waals surface area contributed by atoms with Crippen molar-refractivity contribution in [3.05, 3.63) is 50.8 Å². The molecule has 4 aliphatic rings. The van der Waals surface area contributed by atoms with Gasteiger partial charge in [-0.05, 0) is 90.6 Å². The third-order valence-corrected chi connectivity index (χ3v) is 9.76. The van der Waals surface area contributed by atoms with E-state index in [1.54, 1.807) is 27.9 Å². The molecule has 2 amide bonds. The molecule has 1 aliphatic carbocycles. The highest BCUT2D eigenvalue weighted by Crippen LogP contribution is 2.52. The number of benzene rings is 1. The number of likely N-dealkylation sites (N-methyl/N-ethyl adjacent to an activating group) is 1. The van der Waals surface area contributed by atoms with E-state index in [0.29, 0.717) is 12.0 Å². The smallest absolute Gasteiger partial charge is 0.408 e. The lowest BCUT2D eigenvalue weighted by Crippen LogP contribution is -2.71. The average molecular weight is 634 g/mol. The Morgan fingerprint density at radius 2 is 1.83 bits per heavy atom. The van der Waals surface area contributed by atoms with Crippen LogP contribution in [0.25, 0.3) is 0 Å². The number of carbonyl (C=O) groups is 4. The first kappa shape index (κ1) is 33.2. The second-order valence-electron chi connectivity index (χ2n) is 13.8. The van der Waals surface area contributed by atoms with Crippen LogP contribution in [0.4, 0.5) is 4.79 Å². The molecule has 1 unspecified atom stereocenters. The molecule has 12 nitrogen and oxygen atoms in total. The number of ether oxygens (including phenoxy) is 2. The van der Waals surface area contributed by atoms with E-state index in [-0.39, 0.29) is 42.0 Å². The van der Waals surface area contributed by atoms with Crippen LogP contribution < -0.4 is 15.4 Å². The number of alkyl carbamates (subject to hydrolysis) is 1. The zero-order chi connectivity index (χ0) is 34.0. The molecule has 1 aromatic carbocycles. The van der Waals surface area contributed by atoms with Crippen LogP contribution in [0.2, 0.25) is 0 Å². The van der Waals surface area contributed by atoms with Gasteiger partial charge < -0.3 is 25.2 Å². The van der Waals surface area contributed by atoms with Crippen molar-refractivity contribution in [1.29, 1.82) is 5.26 Å². The number of fused-ring (bicyclic) bond motifs is 6. The van der Waals surface area contributed by atoms with Crippen molar-refractivity contribution in [2.45, 2.75) is 103 Å². The van der Waals surface area contributed by atoms with Crippen LogP contribution in [0.3, 0.4) is 0 Å². The lowest BCUT2D eigenvalue weighted by molar-refractivity contribution is -0.134. The molecule has 2 bridgehead atoms. The van der Waals surface area contributed by atoms with Crippen LogP contribution in [0, 0.1) is 25.2 Å². The summed E-state index contributed by atoms with van der Waals surface area (Å²) in [5.74, 6) is -1.55. The molecule has 1 saturated heterocycles. The van der Waals surface area contributed by atoms with Crippen molar-refractivity contribution < 1.29 is 33.8 Å². The number of hydrogen-bond acceptors (Lipinski definition) is 10. The summed E-state index contributed by atoms with van der Waals surface area (Å²) in [6.45, 7) is 12.0. The molecular weight excluding hydrogens is 590 g/mol. The Morgan fingerprint density at radius 3 is 2.43 bits per heavy atom. The zero-order valence-corrected chi connectivity index (χ0v) is 27.9. The highest BCUT2D eigenvalue weighted by atomic mass is 16.6. The van der Waals surface area contributed by atoms with Gasteiger partial charge in [-0.2, -0.15) is 5.26 Å². The van der Waals surface area contributed by atoms with Crippen molar-refractivity contribution >= 4 is 23.6 Å². The number of hydrogen-bond donors (Lipinski definition) is 3. The normalized spacial score (nSPS) is 26.8. The SMILES string of the molecule is COc1c(C)cc2c(c1C)[C@@H]1C3CC4=C(C(=O)C(=O)C(C)=C4O)[C@H](CNC(=O)[C@H](C)NC(=O)OC(C)(C)C)N3[C@@H](C#N)[C@H](C2)N1C. The van der Waals surface area contributed by atoms with E-state index in [4.69, 9.17) is 9.47 Å². The molecular formula is C34H43N5O7. The van der Waals surface area contributed by atoms with E-state index < -0.39 is 53.3 Å². The molecule has 246 valence electrons. The standard InChI is InChI=1S/C34H43N5O7/c1-15-10-19-11-21-23(13-35)39-22(27(38(21)8)25(19)16(2)31(15)45-9)12-20-26(30(42)29(41)17(3)28(20)40)24(39)14-36-32(43)18(4)37-33(44)46-34(5,6)7/h10,18,21-24,27,40H,11-12,14H2,1-9H3,(H,36,43)(H,37,44)/t18-,21-,22?,23-,24-,27-/m0/s1. The summed E-state index contributed by atoms with van der Waals surface area (Å²) < 4.78 is 11.1. The number of nitrogens with one attached hydrogen (secondary N) is 2. The number of piperazine rings is 1. The van der Waals surface area contributed by atoms with Crippen LogP contribution in [-0.4, -0.2) is 95.0 Å². The van der Waals surface area contributed by atoms with Gasteiger partial charge in [0.2, 0.25) is 17.5 Å². The minimum atomic E-state index is -0.981. The minimum absolute atomic E-state index is 0.0217. The predicted molar refractivity (Wildman–Crippen MR) is 168 cm³/mol. The lowest BCUT2D eigenvalue weighted by Gasteiger charge is -2.60. The van der Waals surface area contributed by atoms with Crippen molar-refractivity contribution in [2.75, 3.05) is 20.7 Å². The van der Waals surface area contributed by atoms with Crippen molar-refractivity contribution in [1.82, 2.24) is 20.4 Å². The summed E-state index contributed by atoms with van der Waals surface area (Å²) in [5.41, 5.74) is 3.87. The Bertz CT molecular complexity index is 1630. The molecule has 0 saturated carbocycles. The molecule has 1 fully saturated rings. The number of nitriles is 1. The van der Waals surface area contributed by atoms with Gasteiger partial charge in [0.05, 0.1) is 25.3 Å². The van der Waals surface area contributed by atoms with Crippen LogP contribution in [0.5, 0.6) is 5.75 Å². The number of carbonyl (C=O) groups excluding carboxylic acids is 4. The molecule has 3 N–H and O–H groups in total. The fourth-order valence-electron chi connectivity index (χ4n) is 7.81. The largest absolute Gasteiger partial charge is 0.507 e. The number of aryl methyl sites for hydroxylation is 1. The first-order chi connectivity index (χ1) is 21.5. The van der Waals surface area contributed by atoms with Gasteiger partial charge in [0.15, 0.2) is 0 Å². The van der Waals surface area contributed by atoms with Gasteiger partial charge in [0.1, 0.15) is 29.2 Å². The minimum Gasteiger partial charge on any atom is -0.507 e. The molecule has 0 spiro atoms. The number of aliphatic hydroxyl groups is 1. The molecule has 12 heteroatoms. The van der Waals surface area contributed by atoms with Crippen molar-refractivity contribution in [3.8, 4) is 11.8 Å². The quantitative estimate of drug-likeness (QED) is 0.325. The van der Waals surface area contributed by atoms with Crippen molar-refractivity contribution in [2.24, 2.45) is 0 Å². The highest BCUT2D eigenvalue weighted by Gasteiger charge is 2.57. The number of allylic oxidation sites excluding steroid dienone is 2. The topological polar surface area (TPSA) is 161 Å². The van der Waals surface area contributed by atoms with E-state index >= 15 is 0 Å². The summed E-state index contributed by atoms with van der Waals surface area (Å²) in [7, 11) is 3.63. The molecule has 3 heterocycles. The number of aliphatic hydroxyl groups excluding tert-OH is 1. The van der Waals surface area contributed by atoms with Gasteiger partial charge in [-0.15, -0.1) is 0 Å². The number of methoxy groups -OCH3 is 1. The molecule has 5 rings (SSSR count). The Hall–Kier alpha value is -4.21. The number of rotatable bonds is 5. The van der Waals surface area contributed by atoms with Crippen LogP contribution in [0.1, 0.15) is 69.3 Å². The maximum Gasteiger partial charge on any atom is 0.408 e. The molecule has 46 heavy (non-hydrogen) atoms. The molecule has 1 aromatic rings. The van der Waals surface area contributed by atoms with Gasteiger partial charge in [0, 0.05) is 35.3 Å². The highest BCUT2D eigenvalue weighted by molar-refractivity contribution is 6.50. The second kappa shape index (κ2) is 11.9. The van der Waals surface area contributed by atoms with Gasteiger partial charge in [-0.3, -0.25) is 24.2 Å². The summed E-state index contributed by atoms with van der Waals surface area (Å²) in [5, 5.41) is 27.3. The fraction of sp³-hybridized carbons (Fsp3) is 0.559. The summed E-state index contributed by atoms with van der Waals surface area (Å²) in [6.07, 6.45) is 0.0368. The Labute approximate surface area is 269 Å². The maximum atomic E-state index is 13.7. The second-order valence-corrected chi connectivity index (χ2v) is 13.8. The van der Waals surface area contributed by atoms with Crippen molar-refractivity contribution in [3.63, 3.8) is 0 Å². The number of Topliss-reactive ketones (excluding diaryl/α,β-unsaturated/α-hetero) is 2. The zero-order valence-electron chi connectivity index (χ0n) is 27.9. The average Bonchev–Trinajstić information content (AvgIpc) is 2.97. The molecule has 6 atom stereocenters. The number of ketones is 2. The maximum absolute atomic E-state index is 13.7. The monoisotopic (exact) mass is 633 g/mol.